The van der Waals surface area contributed by atoms with Gasteiger partial charge in [-0.15, -0.1) is 23.1 Å². The van der Waals surface area contributed by atoms with E-state index >= 15 is 0 Å². The van der Waals surface area contributed by atoms with E-state index in [0.29, 0.717) is 11.7 Å². The first-order valence-corrected chi connectivity index (χ1v) is 7.52. The van der Waals surface area contributed by atoms with Gasteiger partial charge in [-0.2, -0.15) is 0 Å². The lowest BCUT2D eigenvalue weighted by Crippen LogP contribution is -2.37. The SMILES string of the molecule is CC(C)[C@@H](C)NC(=O)CSCc1cccs1. The number of carbonyl (C=O) groups excluding carboxylic acids is 1. The van der Waals surface area contributed by atoms with Crippen LogP contribution < -0.4 is 5.32 Å². The van der Waals surface area contributed by atoms with Crippen molar-refractivity contribution in [2.24, 2.45) is 5.92 Å². The monoisotopic (exact) mass is 257 g/mol. The summed E-state index contributed by atoms with van der Waals surface area (Å²) in [6.07, 6.45) is 0. The van der Waals surface area contributed by atoms with Crippen LogP contribution in [0.4, 0.5) is 0 Å². The van der Waals surface area contributed by atoms with Gasteiger partial charge >= 0.3 is 0 Å². The van der Waals surface area contributed by atoms with E-state index in [4.69, 9.17) is 0 Å². The molecule has 0 spiro atoms. The van der Waals surface area contributed by atoms with Gasteiger partial charge in [0, 0.05) is 16.7 Å². The molecule has 0 aromatic carbocycles. The zero-order valence-electron chi connectivity index (χ0n) is 10.0. The second-order valence-corrected chi connectivity index (χ2v) is 6.19. The molecule has 1 rings (SSSR count). The fourth-order valence-electron chi connectivity index (χ4n) is 1.10. The molecule has 0 bridgehead atoms. The fourth-order valence-corrected chi connectivity index (χ4v) is 2.78. The average Bonchev–Trinajstić information content (AvgIpc) is 2.70. The molecule has 4 heteroatoms. The summed E-state index contributed by atoms with van der Waals surface area (Å²) in [6, 6.07) is 4.41. The minimum absolute atomic E-state index is 0.141. The van der Waals surface area contributed by atoms with E-state index in [1.165, 1.54) is 4.88 Å². The van der Waals surface area contributed by atoms with Crippen LogP contribution in [0.5, 0.6) is 0 Å². The van der Waals surface area contributed by atoms with Crippen molar-refractivity contribution in [1.29, 1.82) is 0 Å². The third kappa shape index (κ3) is 5.03. The molecular weight excluding hydrogens is 238 g/mol. The Balaban J connectivity index is 2.15. The Morgan fingerprint density at radius 3 is 2.81 bits per heavy atom. The molecule has 2 nitrogen and oxygen atoms in total. The molecule has 0 saturated heterocycles. The molecule has 0 aliphatic heterocycles. The summed E-state index contributed by atoms with van der Waals surface area (Å²) in [4.78, 5) is 12.9. The van der Waals surface area contributed by atoms with Gasteiger partial charge in [-0.25, -0.2) is 0 Å². The topological polar surface area (TPSA) is 29.1 Å². The van der Waals surface area contributed by atoms with Crippen LogP contribution in [0.2, 0.25) is 0 Å². The first-order chi connectivity index (χ1) is 7.59. The number of carbonyl (C=O) groups is 1. The Labute approximate surface area is 106 Å². The maximum absolute atomic E-state index is 11.6. The highest BCUT2D eigenvalue weighted by Crippen LogP contribution is 2.16. The molecule has 0 fully saturated rings. The molecule has 1 heterocycles. The fraction of sp³-hybridized carbons (Fsp3) is 0.583. The molecule has 0 unspecified atom stereocenters. The van der Waals surface area contributed by atoms with Gasteiger partial charge in [0.15, 0.2) is 0 Å². The molecule has 0 aliphatic carbocycles. The number of nitrogens with one attached hydrogen (secondary N) is 1. The number of rotatable bonds is 6. The minimum Gasteiger partial charge on any atom is -0.353 e. The minimum atomic E-state index is 0.141. The van der Waals surface area contributed by atoms with E-state index in [-0.39, 0.29) is 11.9 Å². The van der Waals surface area contributed by atoms with Crippen molar-refractivity contribution in [1.82, 2.24) is 5.32 Å². The van der Waals surface area contributed by atoms with Crippen molar-refractivity contribution in [2.75, 3.05) is 5.75 Å². The summed E-state index contributed by atoms with van der Waals surface area (Å²) >= 11 is 3.41. The highest BCUT2D eigenvalue weighted by atomic mass is 32.2. The van der Waals surface area contributed by atoms with Gasteiger partial charge in [0.25, 0.3) is 0 Å². The van der Waals surface area contributed by atoms with Gasteiger partial charge in [0.2, 0.25) is 5.91 Å². The highest BCUT2D eigenvalue weighted by Gasteiger charge is 2.10. The lowest BCUT2D eigenvalue weighted by Gasteiger charge is -2.17. The van der Waals surface area contributed by atoms with Crippen LogP contribution in [0.25, 0.3) is 0 Å². The molecule has 16 heavy (non-hydrogen) atoms. The van der Waals surface area contributed by atoms with Crippen LogP contribution in [0.1, 0.15) is 25.6 Å². The van der Waals surface area contributed by atoms with Crippen molar-refractivity contribution in [2.45, 2.75) is 32.6 Å². The molecule has 1 aromatic heterocycles. The van der Waals surface area contributed by atoms with E-state index in [0.717, 1.165) is 5.75 Å². The Hall–Kier alpha value is -0.480. The smallest absolute Gasteiger partial charge is 0.230 e. The third-order valence-electron chi connectivity index (χ3n) is 2.45. The molecule has 90 valence electrons. The summed E-state index contributed by atoms with van der Waals surface area (Å²) in [7, 11) is 0. The van der Waals surface area contributed by atoms with Gasteiger partial charge in [-0.1, -0.05) is 19.9 Å². The van der Waals surface area contributed by atoms with Gasteiger partial charge in [-0.05, 0) is 24.3 Å². The number of thiophene rings is 1. The Bertz CT molecular complexity index is 309. The molecule has 0 saturated carbocycles. The molecule has 0 aliphatic rings. The van der Waals surface area contributed by atoms with Gasteiger partial charge in [-0.3, -0.25) is 4.79 Å². The van der Waals surface area contributed by atoms with Crippen molar-refractivity contribution in [3.63, 3.8) is 0 Å². The number of hydrogen-bond acceptors (Lipinski definition) is 3. The predicted molar refractivity (Wildman–Crippen MR) is 72.9 cm³/mol. The van der Waals surface area contributed by atoms with E-state index < -0.39 is 0 Å². The van der Waals surface area contributed by atoms with Crippen LogP contribution in [-0.2, 0) is 10.5 Å². The lowest BCUT2D eigenvalue weighted by molar-refractivity contribution is -0.119. The van der Waals surface area contributed by atoms with Crippen LogP contribution in [0.3, 0.4) is 0 Å². The molecule has 1 atom stereocenters. The maximum atomic E-state index is 11.6. The molecule has 1 aromatic rings. The summed E-state index contributed by atoms with van der Waals surface area (Å²) < 4.78 is 0. The lowest BCUT2D eigenvalue weighted by atomic mass is 10.1. The zero-order chi connectivity index (χ0) is 12.0. The Kier molecular flexibility index (Phi) is 5.91. The van der Waals surface area contributed by atoms with E-state index in [9.17, 15) is 4.79 Å². The number of hydrogen-bond donors (Lipinski definition) is 1. The van der Waals surface area contributed by atoms with E-state index in [2.05, 4.69) is 30.6 Å². The van der Waals surface area contributed by atoms with Crippen molar-refractivity contribution in [3.8, 4) is 0 Å². The summed E-state index contributed by atoms with van der Waals surface area (Å²) in [5.74, 6) is 2.12. The molecule has 1 amide bonds. The second kappa shape index (κ2) is 6.97. The van der Waals surface area contributed by atoms with Gasteiger partial charge in [0.1, 0.15) is 0 Å². The Morgan fingerprint density at radius 2 is 2.25 bits per heavy atom. The normalized spacial score (nSPS) is 12.8. The standard InChI is InChI=1S/C12H19NOS2/c1-9(2)10(3)13-12(14)8-15-7-11-5-4-6-16-11/h4-6,9-10H,7-8H2,1-3H3,(H,13,14)/t10-/m1/s1. The van der Waals surface area contributed by atoms with Gasteiger partial charge in [0.05, 0.1) is 5.75 Å². The first-order valence-electron chi connectivity index (χ1n) is 5.49. The summed E-state index contributed by atoms with van der Waals surface area (Å²) in [5, 5.41) is 5.07. The van der Waals surface area contributed by atoms with Crippen molar-refractivity contribution < 1.29 is 4.79 Å². The molecule has 1 N–H and O–H groups in total. The van der Waals surface area contributed by atoms with Crippen LogP contribution in [0.15, 0.2) is 17.5 Å². The van der Waals surface area contributed by atoms with Gasteiger partial charge < -0.3 is 5.32 Å². The number of amides is 1. The molecule has 0 radical (unpaired) electrons. The maximum Gasteiger partial charge on any atom is 0.230 e. The summed E-state index contributed by atoms with van der Waals surface area (Å²) in [6.45, 7) is 6.28. The van der Waals surface area contributed by atoms with Crippen molar-refractivity contribution in [3.05, 3.63) is 22.4 Å². The second-order valence-electron chi connectivity index (χ2n) is 4.17. The highest BCUT2D eigenvalue weighted by molar-refractivity contribution is 7.99. The third-order valence-corrected chi connectivity index (χ3v) is 4.49. The first kappa shape index (κ1) is 13.6. The average molecular weight is 257 g/mol. The largest absolute Gasteiger partial charge is 0.353 e. The van der Waals surface area contributed by atoms with E-state index in [1.807, 2.05) is 13.0 Å². The van der Waals surface area contributed by atoms with Crippen LogP contribution >= 0.6 is 23.1 Å². The van der Waals surface area contributed by atoms with Crippen LogP contribution in [-0.4, -0.2) is 17.7 Å². The van der Waals surface area contributed by atoms with Crippen LogP contribution in [0, 0.1) is 5.92 Å². The quantitative estimate of drug-likeness (QED) is 0.848. The van der Waals surface area contributed by atoms with E-state index in [1.54, 1.807) is 23.1 Å². The molecular formula is C12H19NOS2. The van der Waals surface area contributed by atoms with Crippen molar-refractivity contribution >= 4 is 29.0 Å². The number of thioether (sulfide) groups is 1. The predicted octanol–water partition coefficient (Wildman–Crippen LogP) is 3.14. The zero-order valence-corrected chi connectivity index (χ0v) is 11.7. The Morgan fingerprint density at radius 1 is 1.50 bits per heavy atom. The summed E-state index contributed by atoms with van der Waals surface area (Å²) in [5.41, 5.74) is 0.